The lowest BCUT2D eigenvalue weighted by Crippen LogP contribution is -2.32. The molecule has 4 heterocycles. The van der Waals surface area contributed by atoms with E-state index < -0.39 is 8.32 Å². The Hall–Kier alpha value is -4.95. The second kappa shape index (κ2) is 15.7. The third-order valence-corrected chi connectivity index (χ3v) is 11.0. The van der Waals surface area contributed by atoms with Gasteiger partial charge < -0.3 is 38.9 Å². The van der Waals surface area contributed by atoms with Crippen molar-refractivity contribution in [1.82, 2.24) is 15.1 Å². The number of rotatable bonds is 15. The molecule has 2 atom stereocenters. The van der Waals surface area contributed by atoms with Crippen LogP contribution in [0.25, 0.3) is 0 Å². The lowest BCUT2D eigenvalue weighted by atomic mass is 10.1. The smallest absolute Gasteiger partial charge is 0.260 e. The SMILES string of the molecule is COc1cc2c(cc1OCCCOc1cc3c(cc1OC)C(=O)N1C=C(CCNC(=O)CCC[Si](C)(C)O)C[C@H]1C=N3)N=C[C@@H]1CC(C)=CN1C2=O. The van der Waals surface area contributed by atoms with Gasteiger partial charge in [0.25, 0.3) is 11.8 Å². The number of carbonyl (C=O) groups is 3. The van der Waals surface area contributed by atoms with Crippen molar-refractivity contribution in [1.29, 1.82) is 0 Å². The van der Waals surface area contributed by atoms with Crippen LogP contribution in [0.4, 0.5) is 11.4 Å². The summed E-state index contributed by atoms with van der Waals surface area (Å²) in [7, 11) is 0.917. The molecule has 0 aliphatic carbocycles. The van der Waals surface area contributed by atoms with E-state index in [0.29, 0.717) is 103 Å². The predicted molar refractivity (Wildman–Crippen MR) is 200 cm³/mol. The number of hydrogen-bond donors (Lipinski definition) is 2. The second-order valence-electron chi connectivity index (χ2n) is 14.1. The number of nitrogens with zero attached hydrogens (tertiary/aromatic N) is 4. The maximum Gasteiger partial charge on any atom is 0.260 e. The molecule has 4 aliphatic heterocycles. The first-order chi connectivity index (χ1) is 24.9. The average molecular weight is 730 g/mol. The molecule has 0 unspecified atom stereocenters. The Balaban J connectivity index is 1.02. The Morgan fingerprint density at radius 1 is 0.846 bits per heavy atom. The molecule has 13 nitrogen and oxygen atoms in total. The number of nitrogens with one attached hydrogen (secondary N) is 1. The maximum absolute atomic E-state index is 13.7. The Bertz CT molecular complexity index is 1850. The molecule has 14 heteroatoms. The van der Waals surface area contributed by atoms with Crippen molar-refractivity contribution in [2.24, 2.45) is 9.98 Å². The van der Waals surface area contributed by atoms with Crippen molar-refractivity contribution >= 4 is 49.8 Å². The molecule has 2 aromatic carbocycles. The molecule has 0 radical (unpaired) electrons. The van der Waals surface area contributed by atoms with Gasteiger partial charge in [0.15, 0.2) is 31.3 Å². The molecular formula is C38H47N5O8Si. The fourth-order valence-corrected chi connectivity index (χ4v) is 7.77. The van der Waals surface area contributed by atoms with Gasteiger partial charge in [0.1, 0.15) is 0 Å². The molecule has 0 saturated carbocycles. The van der Waals surface area contributed by atoms with Crippen LogP contribution in [0.3, 0.4) is 0 Å². The van der Waals surface area contributed by atoms with Gasteiger partial charge in [-0.05, 0) is 69.5 Å². The van der Waals surface area contributed by atoms with E-state index in [2.05, 4.69) is 15.3 Å². The minimum atomic E-state index is -2.15. The molecule has 0 spiro atoms. The first-order valence-corrected chi connectivity index (χ1v) is 20.9. The summed E-state index contributed by atoms with van der Waals surface area (Å²) >= 11 is 0. The normalized spacial score (nSPS) is 18.8. The highest BCUT2D eigenvalue weighted by atomic mass is 28.4. The van der Waals surface area contributed by atoms with Crippen LogP contribution in [0.1, 0.15) is 66.2 Å². The molecule has 6 rings (SSSR count). The molecule has 4 aliphatic rings. The topological polar surface area (TPSA) is 152 Å². The first kappa shape index (κ1) is 36.8. The quantitative estimate of drug-likeness (QED) is 0.176. The summed E-state index contributed by atoms with van der Waals surface area (Å²) in [5.41, 5.74) is 4.10. The van der Waals surface area contributed by atoms with Crippen LogP contribution in [-0.4, -0.2) is 99.1 Å². The van der Waals surface area contributed by atoms with Gasteiger partial charge in [-0.25, -0.2) is 0 Å². The van der Waals surface area contributed by atoms with E-state index in [1.54, 1.807) is 46.5 Å². The molecule has 0 aromatic heterocycles. The average Bonchev–Trinajstić information content (AvgIpc) is 3.64. The van der Waals surface area contributed by atoms with Crippen molar-refractivity contribution in [3.63, 3.8) is 0 Å². The van der Waals surface area contributed by atoms with Gasteiger partial charge in [0.2, 0.25) is 5.91 Å². The van der Waals surface area contributed by atoms with E-state index in [1.807, 2.05) is 32.4 Å². The van der Waals surface area contributed by atoms with E-state index in [-0.39, 0.29) is 29.8 Å². The zero-order valence-corrected chi connectivity index (χ0v) is 31.4. The van der Waals surface area contributed by atoms with E-state index in [9.17, 15) is 19.2 Å². The fourth-order valence-electron chi connectivity index (χ4n) is 6.73. The number of benzene rings is 2. The van der Waals surface area contributed by atoms with E-state index in [0.717, 1.165) is 17.6 Å². The van der Waals surface area contributed by atoms with Crippen molar-refractivity contribution in [2.45, 2.75) is 76.7 Å². The lowest BCUT2D eigenvalue weighted by Gasteiger charge is -2.19. The lowest BCUT2D eigenvalue weighted by molar-refractivity contribution is -0.121. The zero-order chi connectivity index (χ0) is 37.0. The highest BCUT2D eigenvalue weighted by Crippen LogP contribution is 2.40. The van der Waals surface area contributed by atoms with Crippen molar-refractivity contribution in [3.8, 4) is 23.0 Å². The molecule has 3 amide bonds. The first-order valence-electron chi connectivity index (χ1n) is 17.7. The number of ether oxygens (including phenoxy) is 4. The molecule has 2 aromatic rings. The summed E-state index contributed by atoms with van der Waals surface area (Å²) in [5.74, 6) is 1.48. The molecule has 0 saturated heterocycles. The number of hydrogen-bond acceptors (Lipinski definition) is 10. The van der Waals surface area contributed by atoms with Gasteiger partial charge >= 0.3 is 0 Å². The van der Waals surface area contributed by atoms with Crippen LogP contribution in [0, 0.1) is 0 Å². The van der Waals surface area contributed by atoms with Crippen LogP contribution in [-0.2, 0) is 4.79 Å². The van der Waals surface area contributed by atoms with E-state index in [1.165, 1.54) is 14.2 Å². The Morgan fingerprint density at radius 3 is 1.96 bits per heavy atom. The largest absolute Gasteiger partial charge is 0.493 e. The van der Waals surface area contributed by atoms with Gasteiger partial charge in [-0.2, -0.15) is 0 Å². The fraction of sp³-hybridized carbons (Fsp3) is 0.447. The Morgan fingerprint density at radius 2 is 1.40 bits per heavy atom. The number of carbonyl (C=O) groups excluding carboxylic acids is 3. The standard InChI is InChI=1S/C38H47N5O8Si/c1-24-14-26-20-40-30-18-34(32(48-2)16-28(30)37(45)42(26)22-24)50-11-7-12-51-35-19-31-29(17-33(35)49-3)38(46)43-23-25(15-27(43)21-41-31)9-10-39-36(44)8-6-13-52(4,5)47/h16-23,26-27,47H,6-15H2,1-5H3,(H,39,44)/t26-,27-/m0/s1. The molecule has 0 fully saturated rings. The summed E-state index contributed by atoms with van der Waals surface area (Å²) in [4.78, 5) is 61.8. The van der Waals surface area contributed by atoms with Gasteiger partial charge in [-0.15, -0.1) is 0 Å². The Labute approximate surface area is 305 Å². The molecule has 2 N–H and O–H groups in total. The van der Waals surface area contributed by atoms with Crippen LogP contribution in [0.2, 0.25) is 19.1 Å². The molecule has 0 bridgehead atoms. The second-order valence-corrected chi connectivity index (χ2v) is 18.3. The molecule has 52 heavy (non-hydrogen) atoms. The minimum absolute atomic E-state index is 0.0250. The predicted octanol–water partition coefficient (Wildman–Crippen LogP) is 5.68. The van der Waals surface area contributed by atoms with Gasteiger partial charge in [0.05, 0.1) is 62.0 Å². The molecular weight excluding hydrogens is 683 g/mol. The van der Waals surface area contributed by atoms with Crippen LogP contribution < -0.4 is 24.3 Å². The van der Waals surface area contributed by atoms with Gasteiger partial charge in [-0.3, -0.25) is 24.4 Å². The third kappa shape index (κ3) is 8.39. The summed E-state index contributed by atoms with van der Waals surface area (Å²) in [5, 5.41) is 2.95. The van der Waals surface area contributed by atoms with Crippen molar-refractivity contribution in [3.05, 3.63) is 58.9 Å². The van der Waals surface area contributed by atoms with Crippen molar-refractivity contribution in [2.75, 3.05) is 34.0 Å². The van der Waals surface area contributed by atoms with Crippen molar-refractivity contribution < 1.29 is 38.1 Å². The highest BCUT2D eigenvalue weighted by Gasteiger charge is 2.34. The van der Waals surface area contributed by atoms with E-state index >= 15 is 0 Å². The highest BCUT2D eigenvalue weighted by molar-refractivity contribution is 6.69. The number of aliphatic imine (C=N–C) groups is 2. The Kier molecular flexibility index (Phi) is 11.1. The number of fused-ring (bicyclic) bond motifs is 4. The third-order valence-electron chi connectivity index (χ3n) is 9.43. The minimum Gasteiger partial charge on any atom is -0.493 e. The summed E-state index contributed by atoms with van der Waals surface area (Å²) in [6.07, 6.45) is 11.0. The maximum atomic E-state index is 13.7. The van der Waals surface area contributed by atoms with Gasteiger partial charge in [-0.1, -0.05) is 5.57 Å². The zero-order valence-electron chi connectivity index (χ0n) is 30.4. The number of methoxy groups -OCH3 is 2. The monoisotopic (exact) mass is 729 g/mol. The summed E-state index contributed by atoms with van der Waals surface area (Å²) in [6, 6.07) is 7.18. The van der Waals surface area contributed by atoms with Crippen LogP contribution in [0.5, 0.6) is 23.0 Å². The summed E-state index contributed by atoms with van der Waals surface area (Å²) < 4.78 is 23.3. The van der Waals surface area contributed by atoms with Gasteiger partial charge in [0, 0.05) is 56.3 Å². The van der Waals surface area contributed by atoms with Crippen LogP contribution >= 0.6 is 0 Å². The van der Waals surface area contributed by atoms with Crippen LogP contribution in [0.15, 0.2) is 57.8 Å². The van der Waals surface area contributed by atoms with E-state index in [4.69, 9.17) is 18.9 Å². The molecule has 276 valence electrons. The summed E-state index contributed by atoms with van der Waals surface area (Å²) in [6.45, 7) is 6.85. The number of amides is 3.